The summed E-state index contributed by atoms with van der Waals surface area (Å²) in [6, 6.07) is 7.41. The first-order chi connectivity index (χ1) is 6.79. The molecule has 3 N–H and O–H groups in total. The van der Waals surface area contributed by atoms with Gasteiger partial charge in [0.15, 0.2) is 0 Å². The number of carbonyl (C=O) groups excluding carboxylic acids is 1. The molecular weight excluding hydrogens is 176 g/mol. The molecule has 0 aromatic heterocycles. The van der Waals surface area contributed by atoms with Crippen LogP contribution in [0.25, 0.3) is 0 Å². The van der Waals surface area contributed by atoms with Gasteiger partial charge in [-0.05, 0) is 18.1 Å². The number of carbonyl (C=O) groups is 1. The molecule has 0 aliphatic heterocycles. The molecule has 0 unspecified atom stereocenters. The largest absolute Gasteiger partial charge is 0.352 e. The molecule has 0 heterocycles. The van der Waals surface area contributed by atoms with Gasteiger partial charge in [0.2, 0.25) is 0 Å². The van der Waals surface area contributed by atoms with Crippen molar-refractivity contribution in [2.24, 2.45) is 5.73 Å². The average molecular weight is 192 g/mol. The molecule has 0 saturated heterocycles. The van der Waals surface area contributed by atoms with Crippen LogP contribution in [0.5, 0.6) is 0 Å². The second kappa shape index (κ2) is 5.40. The summed E-state index contributed by atoms with van der Waals surface area (Å²) in [4.78, 5) is 11.6. The van der Waals surface area contributed by atoms with Gasteiger partial charge in [0.05, 0.1) is 0 Å². The fraction of sp³-hybridized carbons (Fsp3) is 0.364. The molecule has 1 aromatic carbocycles. The molecule has 1 amide bonds. The molecule has 3 heteroatoms. The molecule has 0 aliphatic rings. The molecule has 0 saturated carbocycles. The Morgan fingerprint density at radius 3 is 2.79 bits per heavy atom. The molecule has 1 aromatic rings. The topological polar surface area (TPSA) is 55.1 Å². The van der Waals surface area contributed by atoms with E-state index in [1.54, 1.807) is 6.07 Å². The number of rotatable bonds is 4. The van der Waals surface area contributed by atoms with Crippen molar-refractivity contribution in [3.05, 3.63) is 35.4 Å². The van der Waals surface area contributed by atoms with Crippen molar-refractivity contribution in [1.82, 2.24) is 5.32 Å². The van der Waals surface area contributed by atoms with Crippen molar-refractivity contribution in [3.63, 3.8) is 0 Å². The van der Waals surface area contributed by atoms with Crippen LogP contribution < -0.4 is 11.1 Å². The van der Waals surface area contributed by atoms with Gasteiger partial charge in [-0.3, -0.25) is 4.79 Å². The van der Waals surface area contributed by atoms with Gasteiger partial charge in [-0.1, -0.05) is 25.1 Å². The third-order valence-corrected chi connectivity index (χ3v) is 2.02. The molecule has 76 valence electrons. The second-order valence-electron chi connectivity index (χ2n) is 3.12. The summed E-state index contributed by atoms with van der Waals surface area (Å²) in [5, 5.41) is 2.83. The van der Waals surface area contributed by atoms with Gasteiger partial charge in [-0.2, -0.15) is 0 Å². The number of nitrogens with one attached hydrogen (secondary N) is 1. The maximum atomic E-state index is 11.6. The highest BCUT2D eigenvalue weighted by Crippen LogP contribution is 2.07. The monoisotopic (exact) mass is 192 g/mol. The van der Waals surface area contributed by atoms with E-state index >= 15 is 0 Å². The zero-order valence-electron chi connectivity index (χ0n) is 8.42. The van der Waals surface area contributed by atoms with Crippen LogP contribution in [-0.2, 0) is 6.54 Å². The van der Waals surface area contributed by atoms with E-state index in [4.69, 9.17) is 5.73 Å². The molecule has 0 atom stereocenters. The third-order valence-electron chi connectivity index (χ3n) is 2.02. The summed E-state index contributed by atoms with van der Waals surface area (Å²) in [5.41, 5.74) is 7.11. The van der Waals surface area contributed by atoms with E-state index in [9.17, 15) is 4.79 Å². The van der Waals surface area contributed by atoms with Crippen LogP contribution in [0.3, 0.4) is 0 Å². The molecule has 0 spiro atoms. The fourth-order valence-electron chi connectivity index (χ4n) is 1.25. The van der Waals surface area contributed by atoms with Crippen LogP contribution in [0.4, 0.5) is 0 Å². The van der Waals surface area contributed by atoms with Crippen LogP contribution in [0, 0.1) is 0 Å². The molecule has 0 fully saturated rings. The van der Waals surface area contributed by atoms with Gasteiger partial charge in [0, 0.05) is 18.7 Å². The van der Waals surface area contributed by atoms with Gasteiger partial charge in [-0.15, -0.1) is 0 Å². The van der Waals surface area contributed by atoms with E-state index in [1.807, 2.05) is 25.1 Å². The van der Waals surface area contributed by atoms with E-state index < -0.39 is 0 Å². The maximum absolute atomic E-state index is 11.6. The van der Waals surface area contributed by atoms with Crippen molar-refractivity contribution in [3.8, 4) is 0 Å². The Bertz CT molecular complexity index is 310. The summed E-state index contributed by atoms with van der Waals surface area (Å²) < 4.78 is 0. The summed E-state index contributed by atoms with van der Waals surface area (Å²) in [6.45, 7) is 3.13. The molecule has 0 radical (unpaired) electrons. The van der Waals surface area contributed by atoms with Gasteiger partial charge in [-0.25, -0.2) is 0 Å². The van der Waals surface area contributed by atoms with Crippen molar-refractivity contribution in [1.29, 1.82) is 0 Å². The first kappa shape index (κ1) is 10.7. The zero-order chi connectivity index (χ0) is 10.4. The van der Waals surface area contributed by atoms with Crippen LogP contribution in [0.2, 0.25) is 0 Å². The number of nitrogens with two attached hydrogens (primary N) is 1. The van der Waals surface area contributed by atoms with E-state index in [0.717, 1.165) is 12.0 Å². The van der Waals surface area contributed by atoms with Crippen LogP contribution in [0.15, 0.2) is 24.3 Å². The molecule has 0 bridgehead atoms. The van der Waals surface area contributed by atoms with Gasteiger partial charge in [0.25, 0.3) is 5.91 Å². The Kier molecular flexibility index (Phi) is 4.13. The highest BCUT2D eigenvalue weighted by Gasteiger charge is 2.07. The van der Waals surface area contributed by atoms with Crippen LogP contribution in [0.1, 0.15) is 29.3 Å². The Balaban J connectivity index is 2.78. The zero-order valence-corrected chi connectivity index (χ0v) is 8.42. The Morgan fingerprint density at radius 2 is 2.14 bits per heavy atom. The molecule has 0 aliphatic carbocycles. The predicted molar refractivity (Wildman–Crippen MR) is 57.0 cm³/mol. The maximum Gasteiger partial charge on any atom is 0.251 e. The molecular formula is C11H16N2O. The summed E-state index contributed by atoms with van der Waals surface area (Å²) in [5.74, 6) is -0.0344. The summed E-state index contributed by atoms with van der Waals surface area (Å²) >= 11 is 0. The van der Waals surface area contributed by atoms with E-state index in [-0.39, 0.29) is 5.91 Å². The lowest BCUT2D eigenvalue weighted by Crippen LogP contribution is -2.25. The van der Waals surface area contributed by atoms with Crippen molar-refractivity contribution >= 4 is 5.91 Å². The van der Waals surface area contributed by atoms with Crippen LogP contribution >= 0.6 is 0 Å². The molecule has 1 rings (SSSR count). The smallest absolute Gasteiger partial charge is 0.251 e. The normalized spacial score (nSPS) is 9.86. The molecule has 14 heavy (non-hydrogen) atoms. The Labute approximate surface area is 84.3 Å². The van der Waals surface area contributed by atoms with Gasteiger partial charge in [0.1, 0.15) is 0 Å². The quantitative estimate of drug-likeness (QED) is 0.755. The third kappa shape index (κ3) is 2.57. The minimum atomic E-state index is -0.0344. The van der Waals surface area contributed by atoms with Crippen molar-refractivity contribution in [2.45, 2.75) is 19.9 Å². The lowest BCUT2D eigenvalue weighted by atomic mass is 10.1. The highest BCUT2D eigenvalue weighted by atomic mass is 16.1. The van der Waals surface area contributed by atoms with E-state index in [2.05, 4.69) is 5.32 Å². The Morgan fingerprint density at radius 1 is 1.43 bits per heavy atom. The minimum Gasteiger partial charge on any atom is -0.352 e. The standard InChI is InChI=1S/C11H16N2O/c1-2-7-13-11(14)10-6-4-3-5-9(10)8-12/h3-6H,2,7-8,12H2,1H3,(H,13,14). The van der Waals surface area contributed by atoms with E-state index in [0.29, 0.717) is 18.7 Å². The lowest BCUT2D eigenvalue weighted by Gasteiger charge is -2.07. The van der Waals surface area contributed by atoms with Crippen molar-refractivity contribution < 1.29 is 4.79 Å². The first-order valence-electron chi connectivity index (χ1n) is 4.85. The summed E-state index contributed by atoms with van der Waals surface area (Å²) in [6.07, 6.45) is 0.941. The van der Waals surface area contributed by atoms with Gasteiger partial charge >= 0.3 is 0 Å². The van der Waals surface area contributed by atoms with Crippen molar-refractivity contribution in [2.75, 3.05) is 6.54 Å². The van der Waals surface area contributed by atoms with Gasteiger partial charge < -0.3 is 11.1 Å². The highest BCUT2D eigenvalue weighted by molar-refractivity contribution is 5.95. The molecule has 3 nitrogen and oxygen atoms in total. The first-order valence-corrected chi connectivity index (χ1v) is 4.85. The predicted octanol–water partition coefficient (Wildman–Crippen LogP) is 1.29. The fourth-order valence-corrected chi connectivity index (χ4v) is 1.25. The van der Waals surface area contributed by atoms with E-state index in [1.165, 1.54) is 0 Å². The lowest BCUT2D eigenvalue weighted by molar-refractivity contribution is 0.0952. The van der Waals surface area contributed by atoms with Crippen LogP contribution in [-0.4, -0.2) is 12.5 Å². The average Bonchev–Trinajstić information content (AvgIpc) is 2.25. The Hall–Kier alpha value is -1.35. The number of hydrogen-bond acceptors (Lipinski definition) is 2. The number of benzene rings is 1. The number of hydrogen-bond donors (Lipinski definition) is 2. The summed E-state index contributed by atoms with van der Waals surface area (Å²) in [7, 11) is 0. The SMILES string of the molecule is CCCNC(=O)c1ccccc1CN. The minimum absolute atomic E-state index is 0.0344. The second-order valence-corrected chi connectivity index (χ2v) is 3.12. The number of amides is 1.